The number of hydrogen-bond acceptors (Lipinski definition) is 2. The van der Waals surface area contributed by atoms with Crippen molar-refractivity contribution >= 4 is 11.4 Å². The van der Waals surface area contributed by atoms with Crippen LogP contribution < -0.4 is 10.6 Å². The first-order valence-electron chi connectivity index (χ1n) is 7.14. The largest absolute Gasteiger partial charge is 0.341 e. The number of nitrogens with two attached hydrogens (primary N) is 1. The summed E-state index contributed by atoms with van der Waals surface area (Å²) in [5, 5.41) is 0. The summed E-state index contributed by atoms with van der Waals surface area (Å²) in [5.41, 5.74) is 9.62. The number of benzene rings is 2. The summed E-state index contributed by atoms with van der Waals surface area (Å²) in [6.07, 6.45) is 1.46. The Labute approximate surface area is 123 Å². The molecule has 4 heteroatoms. The van der Waals surface area contributed by atoms with Crippen LogP contribution in [0.5, 0.6) is 0 Å². The van der Waals surface area contributed by atoms with E-state index in [4.69, 9.17) is 5.73 Å². The van der Waals surface area contributed by atoms with Crippen LogP contribution in [0, 0.1) is 11.6 Å². The maximum Gasteiger partial charge on any atom is 0.125 e. The monoisotopic (exact) mass is 288 g/mol. The van der Waals surface area contributed by atoms with Crippen LogP contribution >= 0.6 is 0 Å². The van der Waals surface area contributed by atoms with E-state index in [1.807, 2.05) is 13.0 Å². The first-order chi connectivity index (χ1) is 10.0. The van der Waals surface area contributed by atoms with Gasteiger partial charge in [-0.2, -0.15) is 0 Å². The lowest BCUT2D eigenvalue weighted by atomic mass is 10.0. The first kappa shape index (κ1) is 14.0. The minimum absolute atomic E-state index is 0.0554. The molecule has 3 rings (SSSR count). The summed E-state index contributed by atoms with van der Waals surface area (Å²) in [4.78, 5) is 2.05. The number of fused-ring (bicyclic) bond motifs is 1. The van der Waals surface area contributed by atoms with Gasteiger partial charge in [-0.3, -0.25) is 0 Å². The van der Waals surface area contributed by atoms with E-state index in [1.54, 1.807) is 12.1 Å². The van der Waals surface area contributed by atoms with Crippen molar-refractivity contribution < 1.29 is 8.78 Å². The van der Waals surface area contributed by atoms with Crippen molar-refractivity contribution in [1.82, 2.24) is 0 Å². The van der Waals surface area contributed by atoms with E-state index in [1.165, 1.54) is 18.2 Å². The third kappa shape index (κ3) is 2.76. The Hall–Kier alpha value is -1.94. The van der Waals surface area contributed by atoms with E-state index in [9.17, 15) is 8.78 Å². The molecular formula is C17H18F2N2. The van der Waals surface area contributed by atoms with E-state index < -0.39 is 0 Å². The summed E-state index contributed by atoms with van der Waals surface area (Å²) in [7, 11) is 0. The third-order valence-corrected chi connectivity index (χ3v) is 3.82. The summed E-state index contributed by atoms with van der Waals surface area (Å²) >= 11 is 0. The Morgan fingerprint density at radius 1 is 1.10 bits per heavy atom. The van der Waals surface area contributed by atoms with Gasteiger partial charge in [0, 0.05) is 24.0 Å². The van der Waals surface area contributed by atoms with Crippen molar-refractivity contribution in [2.45, 2.75) is 25.8 Å². The summed E-state index contributed by atoms with van der Waals surface area (Å²) < 4.78 is 27.0. The maximum absolute atomic E-state index is 13.5. The molecule has 21 heavy (non-hydrogen) atoms. The van der Waals surface area contributed by atoms with Gasteiger partial charge in [0.1, 0.15) is 11.6 Å². The normalized spacial score (nSPS) is 15.1. The van der Waals surface area contributed by atoms with Crippen molar-refractivity contribution in [3.05, 3.63) is 59.2 Å². The smallest absolute Gasteiger partial charge is 0.125 e. The molecule has 0 spiro atoms. The van der Waals surface area contributed by atoms with E-state index in [-0.39, 0.29) is 17.7 Å². The van der Waals surface area contributed by atoms with Gasteiger partial charge in [-0.25, -0.2) is 8.78 Å². The fourth-order valence-corrected chi connectivity index (χ4v) is 2.93. The zero-order chi connectivity index (χ0) is 15.0. The van der Waals surface area contributed by atoms with Gasteiger partial charge in [0.15, 0.2) is 0 Å². The Kier molecular flexibility index (Phi) is 3.64. The van der Waals surface area contributed by atoms with Crippen LogP contribution in [-0.2, 0) is 12.8 Å². The first-order valence-corrected chi connectivity index (χ1v) is 7.14. The Balaban J connectivity index is 2.04. The molecule has 1 aliphatic heterocycles. The van der Waals surface area contributed by atoms with Crippen molar-refractivity contribution in [3.63, 3.8) is 0 Å². The van der Waals surface area contributed by atoms with Crippen molar-refractivity contribution in [2.75, 3.05) is 11.4 Å². The standard InChI is InChI=1S/C17H18F2N2/c1-11(20)8-13-9-14(18)4-5-16(13)21-7-6-12-2-3-15(19)10-17(12)21/h2-5,9-11H,6-8,20H2,1H3. The minimum atomic E-state index is -0.270. The second kappa shape index (κ2) is 5.45. The van der Waals surface area contributed by atoms with Crippen LogP contribution in [0.15, 0.2) is 36.4 Å². The maximum atomic E-state index is 13.5. The number of rotatable bonds is 3. The predicted molar refractivity (Wildman–Crippen MR) is 80.9 cm³/mol. The Morgan fingerprint density at radius 3 is 2.57 bits per heavy atom. The molecule has 2 N–H and O–H groups in total. The molecule has 110 valence electrons. The van der Waals surface area contributed by atoms with E-state index in [0.29, 0.717) is 6.42 Å². The molecule has 2 aromatic carbocycles. The van der Waals surface area contributed by atoms with Crippen molar-refractivity contribution in [2.24, 2.45) is 5.73 Å². The molecule has 0 saturated heterocycles. The molecule has 0 amide bonds. The van der Waals surface area contributed by atoms with Gasteiger partial charge in [0.2, 0.25) is 0 Å². The SMILES string of the molecule is CC(N)Cc1cc(F)ccc1N1CCc2ccc(F)cc21. The molecule has 0 aromatic heterocycles. The lowest BCUT2D eigenvalue weighted by Crippen LogP contribution is -2.21. The summed E-state index contributed by atoms with van der Waals surface area (Å²) in [6.45, 7) is 2.67. The molecule has 0 fully saturated rings. The zero-order valence-corrected chi connectivity index (χ0v) is 11.9. The molecule has 0 radical (unpaired) electrons. The lowest BCUT2D eigenvalue weighted by molar-refractivity contribution is 0.622. The van der Waals surface area contributed by atoms with Gasteiger partial charge in [-0.15, -0.1) is 0 Å². The molecular weight excluding hydrogens is 270 g/mol. The molecule has 2 aromatic rings. The zero-order valence-electron chi connectivity index (χ0n) is 11.9. The molecule has 1 unspecified atom stereocenters. The number of nitrogens with zero attached hydrogens (tertiary/aromatic N) is 1. The van der Waals surface area contributed by atoms with Crippen molar-refractivity contribution in [1.29, 1.82) is 0 Å². The van der Waals surface area contributed by atoms with E-state index in [0.717, 1.165) is 35.5 Å². The lowest BCUT2D eigenvalue weighted by Gasteiger charge is -2.23. The van der Waals surface area contributed by atoms with Gasteiger partial charge < -0.3 is 10.6 Å². The second-order valence-electron chi connectivity index (χ2n) is 5.63. The summed E-state index contributed by atoms with van der Waals surface area (Å²) in [5.74, 6) is -0.524. The molecule has 0 bridgehead atoms. The topological polar surface area (TPSA) is 29.3 Å². The fraction of sp³-hybridized carbons (Fsp3) is 0.294. The quantitative estimate of drug-likeness (QED) is 0.936. The fourth-order valence-electron chi connectivity index (χ4n) is 2.93. The molecule has 1 aliphatic rings. The van der Waals surface area contributed by atoms with Gasteiger partial charge in [-0.1, -0.05) is 6.07 Å². The highest BCUT2D eigenvalue weighted by molar-refractivity contribution is 5.72. The molecule has 1 heterocycles. The summed E-state index contributed by atoms with van der Waals surface area (Å²) in [6, 6.07) is 9.51. The van der Waals surface area contributed by atoms with Crippen LogP contribution in [0.2, 0.25) is 0 Å². The highest BCUT2D eigenvalue weighted by Gasteiger charge is 2.23. The number of hydrogen-bond donors (Lipinski definition) is 1. The van der Waals surface area contributed by atoms with Crippen LogP contribution in [0.3, 0.4) is 0 Å². The molecule has 2 nitrogen and oxygen atoms in total. The highest BCUT2D eigenvalue weighted by atomic mass is 19.1. The van der Waals surface area contributed by atoms with Gasteiger partial charge in [0.25, 0.3) is 0 Å². The Bertz CT molecular complexity index is 668. The van der Waals surface area contributed by atoms with Gasteiger partial charge in [-0.05, 0) is 61.2 Å². The average molecular weight is 288 g/mol. The van der Waals surface area contributed by atoms with Crippen LogP contribution in [0.25, 0.3) is 0 Å². The Morgan fingerprint density at radius 2 is 1.81 bits per heavy atom. The minimum Gasteiger partial charge on any atom is -0.341 e. The number of anilines is 2. The van der Waals surface area contributed by atoms with E-state index in [2.05, 4.69) is 4.90 Å². The van der Waals surface area contributed by atoms with Gasteiger partial charge in [0.05, 0.1) is 0 Å². The average Bonchev–Trinajstić information content (AvgIpc) is 2.81. The van der Waals surface area contributed by atoms with Crippen LogP contribution in [0.4, 0.5) is 20.2 Å². The van der Waals surface area contributed by atoms with E-state index >= 15 is 0 Å². The van der Waals surface area contributed by atoms with Crippen LogP contribution in [-0.4, -0.2) is 12.6 Å². The van der Waals surface area contributed by atoms with Crippen molar-refractivity contribution in [3.8, 4) is 0 Å². The molecule has 0 aliphatic carbocycles. The highest BCUT2D eigenvalue weighted by Crippen LogP contribution is 2.37. The third-order valence-electron chi connectivity index (χ3n) is 3.82. The molecule has 0 saturated carbocycles. The van der Waals surface area contributed by atoms with Crippen LogP contribution in [0.1, 0.15) is 18.1 Å². The molecule has 1 atom stereocenters. The second-order valence-corrected chi connectivity index (χ2v) is 5.63. The number of halogens is 2. The predicted octanol–water partition coefficient (Wildman–Crippen LogP) is 3.55. The van der Waals surface area contributed by atoms with Gasteiger partial charge >= 0.3 is 0 Å².